The standard InChI is InChI=1S/C13H11Br3N2/c1-8-2-3-10(15)12(4-8)18-7-13-11(16)5-9(14)6-17-13/h2-6,18H,7H2,1H3. The van der Waals surface area contributed by atoms with E-state index in [2.05, 4.69) is 77.1 Å². The molecular formula is C13H11Br3N2. The first-order valence-electron chi connectivity index (χ1n) is 5.36. The van der Waals surface area contributed by atoms with Crippen molar-refractivity contribution in [3.05, 3.63) is 55.1 Å². The van der Waals surface area contributed by atoms with Crippen LogP contribution >= 0.6 is 47.8 Å². The highest BCUT2D eigenvalue weighted by molar-refractivity contribution is 9.11. The van der Waals surface area contributed by atoms with E-state index in [1.165, 1.54) is 5.56 Å². The maximum Gasteiger partial charge on any atom is 0.0737 e. The van der Waals surface area contributed by atoms with Gasteiger partial charge in [-0.15, -0.1) is 0 Å². The van der Waals surface area contributed by atoms with E-state index in [0.717, 1.165) is 24.8 Å². The van der Waals surface area contributed by atoms with Crippen molar-refractivity contribution in [2.75, 3.05) is 5.32 Å². The van der Waals surface area contributed by atoms with E-state index in [4.69, 9.17) is 0 Å². The number of hydrogen-bond acceptors (Lipinski definition) is 2. The largest absolute Gasteiger partial charge is 0.378 e. The molecule has 0 amide bonds. The molecule has 1 aromatic carbocycles. The van der Waals surface area contributed by atoms with Gasteiger partial charge in [0, 0.05) is 25.3 Å². The molecule has 0 bridgehead atoms. The number of aromatic nitrogens is 1. The summed E-state index contributed by atoms with van der Waals surface area (Å²) >= 11 is 10.4. The molecule has 1 aromatic heterocycles. The van der Waals surface area contributed by atoms with Crippen LogP contribution in [0, 0.1) is 6.92 Å². The summed E-state index contributed by atoms with van der Waals surface area (Å²) in [5.41, 5.74) is 3.28. The Labute approximate surface area is 132 Å². The van der Waals surface area contributed by atoms with Gasteiger partial charge in [0.25, 0.3) is 0 Å². The van der Waals surface area contributed by atoms with Crippen molar-refractivity contribution in [2.45, 2.75) is 13.5 Å². The number of benzene rings is 1. The van der Waals surface area contributed by atoms with E-state index in [1.54, 1.807) is 6.20 Å². The number of pyridine rings is 1. The summed E-state index contributed by atoms with van der Waals surface area (Å²) in [4.78, 5) is 4.37. The Morgan fingerprint density at radius 3 is 2.61 bits per heavy atom. The predicted molar refractivity (Wildman–Crippen MR) is 85.8 cm³/mol. The van der Waals surface area contributed by atoms with Crippen LogP contribution in [-0.2, 0) is 6.54 Å². The minimum Gasteiger partial charge on any atom is -0.378 e. The number of halogens is 3. The summed E-state index contributed by atoms with van der Waals surface area (Å²) in [6, 6.07) is 8.22. The highest BCUT2D eigenvalue weighted by Crippen LogP contribution is 2.25. The van der Waals surface area contributed by atoms with Crippen molar-refractivity contribution in [2.24, 2.45) is 0 Å². The normalized spacial score (nSPS) is 10.4. The fourth-order valence-corrected chi connectivity index (χ4v) is 3.04. The second-order valence-corrected chi connectivity index (χ2v) is 6.54. The van der Waals surface area contributed by atoms with Crippen LogP contribution in [0.3, 0.4) is 0 Å². The Hall–Kier alpha value is -0.390. The highest BCUT2D eigenvalue weighted by atomic mass is 79.9. The van der Waals surface area contributed by atoms with E-state index in [-0.39, 0.29) is 0 Å². The van der Waals surface area contributed by atoms with Crippen molar-refractivity contribution >= 4 is 53.5 Å². The number of nitrogens with one attached hydrogen (secondary N) is 1. The van der Waals surface area contributed by atoms with Crippen LogP contribution in [0.25, 0.3) is 0 Å². The summed E-state index contributed by atoms with van der Waals surface area (Å²) in [7, 11) is 0. The molecule has 1 heterocycles. The zero-order valence-electron chi connectivity index (χ0n) is 9.67. The number of rotatable bonds is 3. The molecule has 5 heteroatoms. The molecule has 0 aliphatic heterocycles. The molecule has 0 aliphatic rings. The molecule has 0 fully saturated rings. The first-order chi connectivity index (χ1) is 8.56. The minimum absolute atomic E-state index is 0.677. The van der Waals surface area contributed by atoms with Crippen LogP contribution in [0.1, 0.15) is 11.3 Å². The fraction of sp³-hybridized carbons (Fsp3) is 0.154. The number of anilines is 1. The molecule has 18 heavy (non-hydrogen) atoms. The molecule has 0 saturated carbocycles. The third-order valence-electron chi connectivity index (χ3n) is 2.45. The zero-order chi connectivity index (χ0) is 13.1. The zero-order valence-corrected chi connectivity index (χ0v) is 14.4. The SMILES string of the molecule is Cc1ccc(Br)c(NCc2ncc(Br)cc2Br)c1. The molecule has 0 spiro atoms. The molecule has 2 aromatic rings. The number of nitrogens with zero attached hydrogens (tertiary/aromatic N) is 1. The average molecular weight is 435 g/mol. The third-order valence-corrected chi connectivity index (χ3v) is 4.26. The lowest BCUT2D eigenvalue weighted by Gasteiger charge is -2.10. The molecule has 2 rings (SSSR count). The Morgan fingerprint density at radius 2 is 1.89 bits per heavy atom. The van der Waals surface area contributed by atoms with Crippen LogP contribution in [0.15, 0.2) is 43.9 Å². The maximum atomic E-state index is 4.37. The lowest BCUT2D eigenvalue weighted by atomic mass is 10.2. The lowest BCUT2D eigenvalue weighted by Crippen LogP contribution is -2.03. The van der Waals surface area contributed by atoms with E-state index < -0.39 is 0 Å². The van der Waals surface area contributed by atoms with Gasteiger partial charge < -0.3 is 5.32 Å². The van der Waals surface area contributed by atoms with Crippen molar-refractivity contribution < 1.29 is 0 Å². The quantitative estimate of drug-likeness (QED) is 0.710. The Balaban J connectivity index is 2.13. The minimum atomic E-state index is 0.677. The Morgan fingerprint density at radius 1 is 1.11 bits per heavy atom. The third kappa shape index (κ3) is 3.56. The smallest absolute Gasteiger partial charge is 0.0737 e. The van der Waals surface area contributed by atoms with Gasteiger partial charge >= 0.3 is 0 Å². The first-order valence-corrected chi connectivity index (χ1v) is 7.74. The average Bonchev–Trinajstić information content (AvgIpc) is 2.32. The van der Waals surface area contributed by atoms with E-state index >= 15 is 0 Å². The molecule has 0 radical (unpaired) electrons. The summed E-state index contributed by atoms with van der Waals surface area (Å²) in [5.74, 6) is 0. The van der Waals surface area contributed by atoms with Gasteiger partial charge in [-0.2, -0.15) is 0 Å². The predicted octanol–water partition coefficient (Wildman–Crippen LogP) is 5.29. The number of hydrogen-bond donors (Lipinski definition) is 1. The molecule has 2 nitrogen and oxygen atoms in total. The molecule has 0 aliphatic carbocycles. The first kappa shape index (κ1) is 14.0. The van der Waals surface area contributed by atoms with Gasteiger partial charge in [0.05, 0.1) is 12.2 Å². The maximum absolute atomic E-state index is 4.37. The van der Waals surface area contributed by atoms with Crippen LogP contribution in [0.4, 0.5) is 5.69 Å². The number of aryl methyl sites for hydroxylation is 1. The van der Waals surface area contributed by atoms with Crippen LogP contribution in [0.5, 0.6) is 0 Å². The summed E-state index contributed by atoms with van der Waals surface area (Å²) in [5, 5.41) is 3.38. The monoisotopic (exact) mass is 432 g/mol. The van der Waals surface area contributed by atoms with Gasteiger partial charge in [-0.1, -0.05) is 6.07 Å². The van der Waals surface area contributed by atoms with Crippen LogP contribution < -0.4 is 5.32 Å². The van der Waals surface area contributed by atoms with E-state index in [0.29, 0.717) is 6.54 Å². The van der Waals surface area contributed by atoms with Crippen molar-refractivity contribution in [3.63, 3.8) is 0 Å². The van der Waals surface area contributed by atoms with Gasteiger partial charge in [0.1, 0.15) is 0 Å². The van der Waals surface area contributed by atoms with E-state index in [1.807, 2.05) is 12.1 Å². The van der Waals surface area contributed by atoms with Crippen LogP contribution in [-0.4, -0.2) is 4.98 Å². The molecule has 94 valence electrons. The summed E-state index contributed by atoms with van der Waals surface area (Å²) in [6.45, 7) is 2.75. The summed E-state index contributed by atoms with van der Waals surface area (Å²) in [6.07, 6.45) is 1.80. The van der Waals surface area contributed by atoms with Gasteiger partial charge in [-0.05, 0) is 78.5 Å². The Kier molecular flexibility index (Phi) is 4.81. The lowest BCUT2D eigenvalue weighted by molar-refractivity contribution is 1.03. The van der Waals surface area contributed by atoms with Crippen LogP contribution in [0.2, 0.25) is 0 Å². The van der Waals surface area contributed by atoms with Gasteiger partial charge in [0.2, 0.25) is 0 Å². The molecular weight excluding hydrogens is 424 g/mol. The Bertz CT molecular complexity index is 570. The second-order valence-electron chi connectivity index (χ2n) is 3.92. The van der Waals surface area contributed by atoms with Crippen molar-refractivity contribution in [1.82, 2.24) is 4.98 Å². The topological polar surface area (TPSA) is 24.9 Å². The fourth-order valence-electron chi connectivity index (χ4n) is 1.53. The highest BCUT2D eigenvalue weighted by Gasteiger charge is 2.04. The van der Waals surface area contributed by atoms with E-state index in [9.17, 15) is 0 Å². The molecule has 1 N–H and O–H groups in total. The van der Waals surface area contributed by atoms with Crippen molar-refractivity contribution in [1.29, 1.82) is 0 Å². The second kappa shape index (κ2) is 6.17. The summed E-state index contributed by atoms with van der Waals surface area (Å²) < 4.78 is 3.02. The van der Waals surface area contributed by atoms with Gasteiger partial charge in [-0.3, -0.25) is 4.98 Å². The molecule has 0 unspecified atom stereocenters. The van der Waals surface area contributed by atoms with Crippen molar-refractivity contribution in [3.8, 4) is 0 Å². The molecule has 0 atom stereocenters. The molecule has 0 saturated heterocycles. The van der Waals surface area contributed by atoms with Gasteiger partial charge in [-0.25, -0.2) is 0 Å². The van der Waals surface area contributed by atoms with Gasteiger partial charge in [0.15, 0.2) is 0 Å².